The largest absolute Gasteiger partial charge is 0.396 e. The van der Waals surface area contributed by atoms with Gasteiger partial charge < -0.3 is 15.7 Å². The van der Waals surface area contributed by atoms with Crippen molar-refractivity contribution in [2.45, 2.75) is 32.9 Å². The third-order valence-corrected chi connectivity index (χ3v) is 2.46. The predicted octanol–water partition coefficient (Wildman–Crippen LogP) is 0.0847. The van der Waals surface area contributed by atoms with Gasteiger partial charge in [-0.05, 0) is 26.3 Å². The summed E-state index contributed by atoms with van der Waals surface area (Å²) in [6, 6.07) is 1.77. The summed E-state index contributed by atoms with van der Waals surface area (Å²) in [5.74, 6) is 0.390. The fourth-order valence-electron chi connectivity index (χ4n) is 1.61. The minimum absolute atomic E-state index is 0.0171. The number of hydrogen-bond acceptors (Lipinski definition) is 4. The number of nitrogens with zero attached hydrogens (tertiary/aromatic N) is 3. The third-order valence-electron chi connectivity index (χ3n) is 2.46. The maximum absolute atomic E-state index is 12.0. The van der Waals surface area contributed by atoms with Crippen molar-refractivity contribution in [1.82, 2.24) is 14.7 Å². The van der Waals surface area contributed by atoms with Crippen molar-refractivity contribution >= 4 is 11.7 Å². The molecule has 6 heteroatoms. The molecule has 1 amide bonds. The molecular weight excluding hydrogens is 220 g/mol. The number of amides is 1. The lowest BCUT2D eigenvalue weighted by atomic mass is 10.3. The van der Waals surface area contributed by atoms with E-state index < -0.39 is 0 Å². The lowest BCUT2D eigenvalue weighted by molar-refractivity contribution is -0.133. The van der Waals surface area contributed by atoms with Gasteiger partial charge in [-0.3, -0.25) is 9.48 Å². The zero-order valence-electron chi connectivity index (χ0n) is 10.3. The second kappa shape index (κ2) is 6.24. The molecule has 0 unspecified atom stereocenters. The van der Waals surface area contributed by atoms with Crippen LogP contribution in [0, 0.1) is 0 Å². The Bertz CT molecular complexity index is 362. The lowest BCUT2D eigenvalue weighted by Gasteiger charge is -2.26. The molecule has 0 atom stereocenters. The molecule has 0 aliphatic carbocycles. The van der Waals surface area contributed by atoms with Gasteiger partial charge in [0.1, 0.15) is 12.4 Å². The molecule has 0 bridgehead atoms. The topological polar surface area (TPSA) is 84.4 Å². The van der Waals surface area contributed by atoms with Gasteiger partial charge in [-0.15, -0.1) is 0 Å². The van der Waals surface area contributed by atoms with Crippen LogP contribution in [-0.2, 0) is 11.3 Å². The molecule has 0 radical (unpaired) electrons. The van der Waals surface area contributed by atoms with Crippen molar-refractivity contribution in [2.24, 2.45) is 0 Å². The van der Waals surface area contributed by atoms with Gasteiger partial charge in [-0.2, -0.15) is 5.10 Å². The number of aliphatic hydroxyl groups is 1. The van der Waals surface area contributed by atoms with Gasteiger partial charge in [0.15, 0.2) is 0 Å². The highest BCUT2D eigenvalue weighted by Crippen LogP contribution is 2.03. The molecule has 0 aliphatic rings. The van der Waals surface area contributed by atoms with E-state index in [1.807, 2.05) is 13.8 Å². The fourth-order valence-corrected chi connectivity index (χ4v) is 1.61. The molecule has 0 spiro atoms. The van der Waals surface area contributed by atoms with Crippen LogP contribution in [0.25, 0.3) is 0 Å². The quantitative estimate of drug-likeness (QED) is 0.737. The van der Waals surface area contributed by atoms with E-state index in [4.69, 9.17) is 10.8 Å². The first-order chi connectivity index (χ1) is 8.04. The number of aromatic nitrogens is 2. The number of rotatable bonds is 6. The minimum Gasteiger partial charge on any atom is -0.396 e. The number of nitrogens with two attached hydrogens (primary N) is 1. The first-order valence-electron chi connectivity index (χ1n) is 5.74. The number of carbonyl (C=O) groups is 1. The highest BCUT2D eigenvalue weighted by Gasteiger charge is 2.16. The molecule has 1 heterocycles. The lowest BCUT2D eigenvalue weighted by Crippen LogP contribution is -2.40. The normalized spacial score (nSPS) is 10.8. The van der Waals surface area contributed by atoms with Crippen LogP contribution in [0.2, 0.25) is 0 Å². The Morgan fingerprint density at radius 3 is 2.82 bits per heavy atom. The Morgan fingerprint density at radius 2 is 2.35 bits per heavy atom. The van der Waals surface area contributed by atoms with E-state index in [9.17, 15) is 4.79 Å². The van der Waals surface area contributed by atoms with E-state index in [2.05, 4.69) is 5.10 Å². The Balaban J connectivity index is 2.58. The van der Waals surface area contributed by atoms with Crippen LogP contribution in [0.1, 0.15) is 20.3 Å². The van der Waals surface area contributed by atoms with Gasteiger partial charge in [-0.1, -0.05) is 0 Å². The Hall–Kier alpha value is -1.56. The van der Waals surface area contributed by atoms with Crippen molar-refractivity contribution in [3.8, 4) is 0 Å². The number of hydrogen-bond donors (Lipinski definition) is 2. The van der Waals surface area contributed by atoms with Crippen LogP contribution in [0.3, 0.4) is 0 Å². The van der Waals surface area contributed by atoms with E-state index in [0.29, 0.717) is 18.8 Å². The van der Waals surface area contributed by atoms with Crippen molar-refractivity contribution in [3.05, 3.63) is 12.3 Å². The monoisotopic (exact) mass is 240 g/mol. The summed E-state index contributed by atoms with van der Waals surface area (Å²) in [4.78, 5) is 13.7. The molecule has 1 aromatic rings. The summed E-state index contributed by atoms with van der Waals surface area (Å²) < 4.78 is 1.52. The molecule has 0 fully saturated rings. The molecule has 6 nitrogen and oxygen atoms in total. The van der Waals surface area contributed by atoms with Crippen molar-refractivity contribution in [3.63, 3.8) is 0 Å². The van der Waals surface area contributed by atoms with Crippen LogP contribution in [-0.4, -0.2) is 44.9 Å². The number of aliphatic hydroxyl groups excluding tert-OH is 1. The van der Waals surface area contributed by atoms with Gasteiger partial charge >= 0.3 is 0 Å². The molecule has 1 aromatic heterocycles. The molecular formula is C11H20N4O2. The molecule has 0 aliphatic heterocycles. The molecule has 3 N–H and O–H groups in total. The first kappa shape index (κ1) is 13.5. The van der Waals surface area contributed by atoms with Crippen molar-refractivity contribution in [1.29, 1.82) is 0 Å². The van der Waals surface area contributed by atoms with Crippen LogP contribution in [0.4, 0.5) is 5.82 Å². The number of anilines is 1. The Labute approximate surface area is 101 Å². The molecule has 96 valence electrons. The summed E-state index contributed by atoms with van der Waals surface area (Å²) in [5, 5.41) is 12.8. The molecule has 0 saturated heterocycles. The van der Waals surface area contributed by atoms with Gasteiger partial charge in [-0.25, -0.2) is 0 Å². The maximum Gasteiger partial charge on any atom is 0.244 e. The van der Waals surface area contributed by atoms with Gasteiger partial charge in [0.05, 0.1) is 0 Å². The van der Waals surface area contributed by atoms with E-state index >= 15 is 0 Å². The van der Waals surface area contributed by atoms with Crippen molar-refractivity contribution < 1.29 is 9.90 Å². The standard InChI is InChI=1S/C11H20N4O2/c1-9(2)15(5-3-7-16)11(17)8-14-6-4-10(12)13-14/h4,6,9,16H,3,5,7-8H2,1-2H3,(H2,12,13). The van der Waals surface area contributed by atoms with Crippen LogP contribution in [0.15, 0.2) is 12.3 Å². The Kier molecular flexibility index (Phi) is 4.96. The first-order valence-corrected chi connectivity index (χ1v) is 5.74. The van der Waals surface area contributed by atoms with Gasteiger partial charge in [0, 0.05) is 25.4 Å². The van der Waals surface area contributed by atoms with E-state index in [1.165, 1.54) is 4.68 Å². The fraction of sp³-hybridized carbons (Fsp3) is 0.636. The van der Waals surface area contributed by atoms with Crippen molar-refractivity contribution in [2.75, 3.05) is 18.9 Å². The number of nitrogen functional groups attached to an aromatic ring is 1. The minimum atomic E-state index is -0.0171. The average molecular weight is 240 g/mol. The smallest absolute Gasteiger partial charge is 0.244 e. The van der Waals surface area contributed by atoms with E-state index in [0.717, 1.165) is 0 Å². The molecule has 0 saturated carbocycles. The van der Waals surface area contributed by atoms with Crippen LogP contribution in [0.5, 0.6) is 0 Å². The second-order valence-corrected chi connectivity index (χ2v) is 4.20. The number of carbonyl (C=O) groups excluding carboxylic acids is 1. The zero-order valence-corrected chi connectivity index (χ0v) is 10.3. The Morgan fingerprint density at radius 1 is 1.65 bits per heavy atom. The summed E-state index contributed by atoms with van der Waals surface area (Å²) >= 11 is 0. The molecule has 17 heavy (non-hydrogen) atoms. The highest BCUT2D eigenvalue weighted by atomic mass is 16.3. The predicted molar refractivity (Wildman–Crippen MR) is 65.2 cm³/mol. The summed E-state index contributed by atoms with van der Waals surface area (Å²) in [7, 11) is 0. The summed E-state index contributed by atoms with van der Waals surface area (Å²) in [6.45, 7) is 4.73. The average Bonchev–Trinajstić information content (AvgIpc) is 2.64. The third kappa shape index (κ3) is 4.07. The summed E-state index contributed by atoms with van der Waals surface area (Å²) in [6.07, 6.45) is 2.27. The van der Waals surface area contributed by atoms with E-state index in [-0.39, 0.29) is 25.1 Å². The van der Waals surface area contributed by atoms with Gasteiger partial charge in [0.2, 0.25) is 5.91 Å². The zero-order chi connectivity index (χ0) is 12.8. The van der Waals surface area contributed by atoms with Crippen LogP contribution >= 0.6 is 0 Å². The van der Waals surface area contributed by atoms with E-state index in [1.54, 1.807) is 17.2 Å². The van der Waals surface area contributed by atoms with Crippen LogP contribution < -0.4 is 5.73 Å². The SMILES string of the molecule is CC(C)N(CCCO)C(=O)Cn1ccc(N)n1. The van der Waals surface area contributed by atoms with Gasteiger partial charge in [0.25, 0.3) is 0 Å². The summed E-state index contributed by atoms with van der Waals surface area (Å²) in [5.41, 5.74) is 5.48. The molecule has 1 rings (SSSR count). The molecule has 0 aromatic carbocycles. The second-order valence-electron chi connectivity index (χ2n) is 4.20. The maximum atomic E-state index is 12.0. The highest BCUT2D eigenvalue weighted by molar-refractivity contribution is 5.76.